The highest BCUT2D eigenvalue weighted by atomic mass is 32.2. The first-order valence-corrected chi connectivity index (χ1v) is 10.2. The molecule has 1 N–H and O–H groups in total. The van der Waals surface area contributed by atoms with Gasteiger partial charge in [-0.2, -0.15) is 8.42 Å². The van der Waals surface area contributed by atoms with E-state index in [9.17, 15) is 18.3 Å². The zero-order valence-corrected chi connectivity index (χ0v) is 15.1. The van der Waals surface area contributed by atoms with Crippen LogP contribution in [0.5, 0.6) is 0 Å². The lowest BCUT2D eigenvalue weighted by Crippen LogP contribution is -2.48. The van der Waals surface area contributed by atoms with E-state index in [1.54, 1.807) is 6.92 Å². The van der Waals surface area contributed by atoms with Gasteiger partial charge in [-0.3, -0.25) is 8.98 Å². The molecule has 0 heterocycles. The zero-order valence-electron chi connectivity index (χ0n) is 14.3. The summed E-state index contributed by atoms with van der Waals surface area (Å²) in [5, 5.41) is 10.4. The second-order valence-electron chi connectivity index (χ2n) is 8.56. The van der Waals surface area contributed by atoms with Gasteiger partial charge in [0.05, 0.1) is 16.8 Å². The first-order chi connectivity index (χ1) is 10.5. The quantitative estimate of drug-likeness (QED) is 0.792. The first-order valence-electron chi connectivity index (χ1n) is 8.67. The number of carbonyl (C=O) groups is 1. The van der Waals surface area contributed by atoms with Gasteiger partial charge < -0.3 is 5.11 Å². The average Bonchev–Trinajstić information content (AvgIpc) is 2.74. The van der Waals surface area contributed by atoms with E-state index in [0.717, 1.165) is 19.3 Å². The number of carbonyl (C=O) groups excluding carboxylic acids is 1. The molecule has 3 fully saturated rings. The fourth-order valence-electron chi connectivity index (χ4n) is 5.06. The molecule has 6 heteroatoms. The van der Waals surface area contributed by atoms with E-state index in [4.69, 9.17) is 4.18 Å². The lowest BCUT2D eigenvalue weighted by Gasteiger charge is -2.39. The molecular formula is C17H28O5S. The van der Waals surface area contributed by atoms with Crippen LogP contribution in [0.15, 0.2) is 0 Å². The van der Waals surface area contributed by atoms with Crippen molar-refractivity contribution in [1.82, 2.24) is 0 Å². The molecule has 5 nitrogen and oxygen atoms in total. The minimum absolute atomic E-state index is 0.0707. The monoisotopic (exact) mass is 344 g/mol. The largest absolute Gasteiger partial charge is 0.387 e. The van der Waals surface area contributed by atoms with Crippen LogP contribution in [-0.2, 0) is 19.1 Å². The Morgan fingerprint density at radius 2 is 1.87 bits per heavy atom. The van der Waals surface area contributed by atoms with Gasteiger partial charge in [-0.15, -0.1) is 0 Å². The summed E-state index contributed by atoms with van der Waals surface area (Å²) in [6, 6.07) is 0. The van der Waals surface area contributed by atoms with E-state index in [1.165, 1.54) is 0 Å². The third-order valence-electron chi connectivity index (χ3n) is 6.92. The van der Waals surface area contributed by atoms with Crippen molar-refractivity contribution in [1.29, 1.82) is 0 Å². The Morgan fingerprint density at radius 1 is 1.17 bits per heavy atom. The van der Waals surface area contributed by atoms with Crippen molar-refractivity contribution < 1.29 is 22.5 Å². The van der Waals surface area contributed by atoms with Crippen molar-refractivity contribution >= 4 is 15.9 Å². The number of aliphatic hydroxyl groups is 1. The molecule has 0 spiro atoms. The van der Waals surface area contributed by atoms with E-state index in [0.29, 0.717) is 25.7 Å². The van der Waals surface area contributed by atoms with Crippen molar-refractivity contribution in [2.45, 2.75) is 77.4 Å². The predicted octanol–water partition coefficient (Wildman–Crippen LogP) is 2.42. The smallest absolute Gasteiger partial charge is 0.268 e. The molecule has 3 rings (SSSR count). The fourth-order valence-corrected chi connectivity index (χ4v) is 7.06. The maximum Gasteiger partial charge on any atom is 0.268 e. The van der Waals surface area contributed by atoms with Gasteiger partial charge in [0.2, 0.25) is 0 Å². The van der Waals surface area contributed by atoms with E-state index in [1.807, 2.05) is 13.8 Å². The van der Waals surface area contributed by atoms with Gasteiger partial charge in [-0.05, 0) is 43.9 Å². The van der Waals surface area contributed by atoms with E-state index in [-0.39, 0.29) is 22.9 Å². The molecular weight excluding hydrogens is 316 g/mol. The fraction of sp³-hybridized carbons (Fsp3) is 0.941. The zero-order chi connectivity index (χ0) is 17.1. The van der Waals surface area contributed by atoms with Gasteiger partial charge in [0.15, 0.2) is 0 Å². The molecule has 0 amide bonds. The summed E-state index contributed by atoms with van der Waals surface area (Å²) < 4.78 is 30.8. The van der Waals surface area contributed by atoms with Crippen LogP contribution in [0, 0.1) is 16.7 Å². The molecule has 0 aromatic rings. The lowest BCUT2D eigenvalue weighted by atomic mass is 9.70. The molecule has 0 aromatic carbocycles. The van der Waals surface area contributed by atoms with Crippen LogP contribution >= 0.6 is 0 Å². The van der Waals surface area contributed by atoms with Gasteiger partial charge >= 0.3 is 0 Å². The summed E-state index contributed by atoms with van der Waals surface area (Å²) in [5.41, 5.74) is -2.22. The van der Waals surface area contributed by atoms with Gasteiger partial charge in [-0.25, -0.2) is 0 Å². The molecule has 3 aliphatic rings. The number of rotatable bonds is 4. The normalized spacial score (nSPS) is 43.0. The van der Waals surface area contributed by atoms with Crippen molar-refractivity contribution in [2.24, 2.45) is 16.7 Å². The Bertz CT molecular complexity index is 606. The van der Waals surface area contributed by atoms with Gasteiger partial charge in [0, 0.05) is 6.42 Å². The molecule has 23 heavy (non-hydrogen) atoms. The van der Waals surface area contributed by atoms with E-state index in [2.05, 4.69) is 0 Å². The highest BCUT2D eigenvalue weighted by Gasteiger charge is 2.65. The summed E-state index contributed by atoms with van der Waals surface area (Å²) in [6.45, 7) is 5.67. The van der Waals surface area contributed by atoms with Crippen molar-refractivity contribution in [3.05, 3.63) is 0 Å². The summed E-state index contributed by atoms with van der Waals surface area (Å²) in [7, 11) is -3.86. The topological polar surface area (TPSA) is 80.7 Å². The van der Waals surface area contributed by atoms with Crippen molar-refractivity contribution in [3.8, 4) is 0 Å². The third kappa shape index (κ3) is 2.67. The van der Waals surface area contributed by atoms with Crippen LogP contribution in [0.1, 0.15) is 65.7 Å². The molecule has 2 bridgehead atoms. The molecule has 4 atom stereocenters. The highest BCUT2D eigenvalue weighted by Crippen LogP contribution is 2.64. The molecule has 0 saturated heterocycles. The molecule has 3 aliphatic carbocycles. The Morgan fingerprint density at radius 3 is 2.39 bits per heavy atom. The SMILES string of the molecule is CC1(C)C2CCC1(CS(=O)(=O)O[C@@H]1CCCC[C@]1(C)O)C(=O)C2. The van der Waals surface area contributed by atoms with Gasteiger partial charge in [-0.1, -0.05) is 26.7 Å². The molecule has 0 aliphatic heterocycles. The Kier molecular flexibility index (Phi) is 3.98. The molecule has 2 unspecified atom stereocenters. The molecule has 0 radical (unpaired) electrons. The molecule has 3 saturated carbocycles. The number of fused-ring (bicyclic) bond motifs is 2. The van der Waals surface area contributed by atoms with Crippen LogP contribution in [0.2, 0.25) is 0 Å². The van der Waals surface area contributed by atoms with Crippen LogP contribution < -0.4 is 0 Å². The summed E-state index contributed by atoms with van der Waals surface area (Å²) in [4.78, 5) is 12.5. The highest BCUT2D eigenvalue weighted by molar-refractivity contribution is 7.86. The minimum Gasteiger partial charge on any atom is -0.387 e. The van der Waals surface area contributed by atoms with Crippen LogP contribution in [0.4, 0.5) is 0 Å². The summed E-state index contributed by atoms with van der Waals surface area (Å²) in [5.74, 6) is 0.110. The maximum atomic E-state index is 12.7. The van der Waals surface area contributed by atoms with Crippen molar-refractivity contribution in [2.75, 3.05) is 5.75 Å². The van der Waals surface area contributed by atoms with Crippen LogP contribution in [0.3, 0.4) is 0 Å². The van der Waals surface area contributed by atoms with Gasteiger partial charge in [0.25, 0.3) is 10.1 Å². The van der Waals surface area contributed by atoms with E-state index < -0.39 is 27.2 Å². The maximum absolute atomic E-state index is 12.7. The number of Topliss-reactive ketones (excluding diaryl/α,β-unsaturated/α-hetero) is 1. The van der Waals surface area contributed by atoms with Crippen molar-refractivity contribution in [3.63, 3.8) is 0 Å². The molecule has 132 valence electrons. The Hall–Kier alpha value is -0.460. The second kappa shape index (κ2) is 5.27. The summed E-state index contributed by atoms with van der Waals surface area (Å²) in [6.07, 6.45) is 4.16. The number of hydrogen-bond acceptors (Lipinski definition) is 5. The summed E-state index contributed by atoms with van der Waals surface area (Å²) >= 11 is 0. The first kappa shape index (κ1) is 17.4. The Labute approximate surface area is 138 Å². The van der Waals surface area contributed by atoms with Crippen LogP contribution in [-0.4, -0.2) is 36.8 Å². The predicted molar refractivity (Wildman–Crippen MR) is 86.3 cm³/mol. The van der Waals surface area contributed by atoms with Gasteiger partial charge in [0.1, 0.15) is 11.9 Å². The average molecular weight is 344 g/mol. The standard InChI is InChI=1S/C17H28O5S/c1-15(2)12-7-9-17(15,13(18)10-12)11-23(20,21)22-14-6-4-5-8-16(14,3)19/h12,14,19H,4-11H2,1-3H3/t12?,14-,16+,17?/m1/s1. The minimum atomic E-state index is -3.86. The third-order valence-corrected chi connectivity index (χ3v) is 8.29. The molecule has 0 aromatic heterocycles. The lowest BCUT2D eigenvalue weighted by molar-refractivity contribution is -0.128. The second-order valence-corrected chi connectivity index (χ2v) is 10.2. The number of hydrogen-bond donors (Lipinski definition) is 1. The number of ketones is 1. The Balaban J connectivity index is 1.80. The van der Waals surface area contributed by atoms with E-state index >= 15 is 0 Å². The van der Waals surface area contributed by atoms with Crippen LogP contribution in [0.25, 0.3) is 0 Å².